The van der Waals surface area contributed by atoms with E-state index >= 15 is 0 Å². The number of carbonyl (C=O) groups is 2. The lowest BCUT2D eigenvalue weighted by Gasteiger charge is -2.14. The van der Waals surface area contributed by atoms with Crippen LogP contribution in [0.2, 0.25) is 5.02 Å². The fraction of sp³-hybridized carbons (Fsp3) is 0.263. The first kappa shape index (κ1) is 25.7. The molecule has 0 saturated heterocycles. The molecule has 2 rings (SSSR count). The highest BCUT2D eigenvalue weighted by atomic mass is 35.5. The molecule has 1 unspecified atom stereocenters. The lowest BCUT2D eigenvalue weighted by atomic mass is 10.1. The zero-order chi connectivity index (χ0) is 23.9. The molecule has 0 aliphatic rings. The number of halogens is 1. The molecule has 10 nitrogen and oxygen atoms in total. The fourth-order valence-corrected chi connectivity index (χ4v) is 4.30. The van der Waals surface area contributed by atoms with Gasteiger partial charge in [-0.15, -0.1) is 0 Å². The zero-order valence-corrected chi connectivity index (χ0v) is 19.3. The summed E-state index contributed by atoms with van der Waals surface area (Å²) in [5.74, 6) is -1.50. The van der Waals surface area contributed by atoms with E-state index in [-0.39, 0.29) is 16.3 Å². The number of esters is 1. The summed E-state index contributed by atoms with van der Waals surface area (Å²) in [7, 11) is -7.74. The van der Waals surface area contributed by atoms with Crippen LogP contribution in [0.15, 0.2) is 58.3 Å². The maximum atomic E-state index is 12.3. The Morgan fingerprint density at radius 1 is 1.00 bits per heavy atom. The van der Waals surface area contributed by atoms with E-state index in [0.717, 1.165) is 5.56 Å². The zero-order valence-electron chi connectivity index (χ0n) is 16.9. The fourth-order valence-electron chi connectivity index (χ4n) is 2.47. The molecule has 32 heavy (non-hydrogen) atoms. The Kier molecular flexibility index (Phi) is 8.75. The molecule has 0 radical (unpaired) electrons. The van der Waals surface area contributed by atoms with E-state index in [1.165, 1.54) is 43.3 Å². The molecule has 0 saturated carbocycles. The van der Waals surface area contributed by atoms with E-state index < -0.39 is 44.6 Å². The summed E-state index contributed by atoms with van der Waals surface area (Å²) >= 11 is 5.73. The number of nitrogens with two attached hydrogens (primary N) is 1. The van der Waals surface area contributed by atoms with Crippen molar-refractivity contribution in [3.8, 4) is 0 Å². The first-order chi connectivity index (χ1) is 14.9. The predicted molar refractivity (Wildman–Crippen MR) is 117 cm³/mol. The van der Waals surface area contributed by atoms with E-state index in [1.54, 1.807) is 12.1 Å². The Morgan fingerprint density at radius 2 is 1.56 bits per heavy atom. The van der Waals surface area contributed by atoms with Gasteiger partial charge in [0.25, 0.3) is 5.91 Å². The summed E-state index contributed by atoms with van der Waals surface area (Å²) in [5.41, 5.74) is 0.764. The number of primary sulfonamides is 1. The predicted octanol–water partition coefficient (Wildman–Crippen LogP) is 0.556. The van der Waals surface area contributed by atoms with Crippen molar-refractivity contribution in [2.45, 2.75) is 29.2 Å². The van der Waals surface area contributed by atoms with Gasteiger partial charge >= 0.3 is 5.97 Å². The van der Waals surface area contributed by atoms with Crippen molar-refractivity contribution in [1.29, 1.82) is 0 Å². The molecule has 2 aromatic rings. The Balaban J connectivity index is 1.76. The highest BCUT2D eigenvalue weighted by Crippen LogP contribution is 2.14. The minimum absolute atomic E-state index is 0.0157. The van der Waals surface area contributed by atoms with Crippen LogP contribution >= 0.6 is 11.6 Å². The topological polar surface area (TPSA) is 162 Å². The number of nitrogens with one attached hydrogen (secondary N) is 2. The van der Waals surface area contributed by atoms with Gasteiger partial charge in [0.2, 0.25) is 20.0 Å². The monoisotopic (exact) mass is 503 g/mol. The largest absolute Gasteiger partial charge is 0.454 e. The molecule has 1 amide bonds. The highest BCUT2D eigenvalue weighted by molar-refractivity contribution is 7.89. The van der Waals surface area contributed by atoms with Gasteiger partial charge in [-0.2, -0.15) is 4.72 Å². The molecular formula is C19H22ClN3O7S2. The third-order valence-electron chi connectivity index (χ3n) is 4.14. The number of amides is 1. The second-order valence-electron chi connectivity index (χ2n) is 6.69. The van der Waals surface area contributed by atoms with Gasteiger partial charge in [0.15, 0.2) is 6.61 Å². The second kappa shape index (κ2) is 10.9. The van der Waals surface area contributed by atoms with Crippen molar-refractivity contribution in [3.05, 3.63) is 59.1 Å². The summed E-state index contributed by atoms with van der Waals surface area (Å²) in [4.78, 5) is 23.8. The summed E-state index contributed by atoms with van der Waals surface area (Å²) in [5, 5.41) is 7.93. The summed E-state index contributed by atoms with van der Waals surface area (Å²) < 4.78 is 54.0. The Morgan fingerprint density at radius 3 is 2.12 bits per heavy atom. The molecule has 2 aromatic carbocycles. The average Bonchev–Trinajstić information content (AvgIpc) is 2.71. The molecule has 13 heteroatoms. The van der Waals surface area contributed by atoms with Crippen LogP contribution in [-0.2, 0) is 40.8 Å². The smallest absolute Gasteiger partial charge is 0.324 e. The Hall–Kier alpha value is -2.51. The van der Waals surface area contributed by atoms with Gasteiger partial charge in [-0.3, -0.25) is 9.59 Å². The highest BCUT2D eigenvalue weighted by Gasteiger charge is 2.23. The van der Waals surface area contributed by atoms with Crippen LogP contribution in [0.4, 0.5) is 0 Å². The maximum Gasteiger partial charge on any atom is 0.324 e. The van der Waals surface area contributed by atoms with Crippen LogP contribution in [0.25, 0.3) is 0 Å². The SMILES string of the molecule is CC(NS(=O)(=O)c1ccc(Cl)cc1)C(=O)OCC(=O)NCCc1ccc(S(N)(=O)=O)cc1. The third-order valence-corrected chi connectivity index (χ3v) is 6.88. The Labute approximate surface area is 191 Å². The van der Waals surface area contributed by atoms with Crippen LogP contribution in [0.3, 0.4) is 0 Å². The molecule has 174 valence electrons. The molecule has 0 fully saturated rings. The number of sulfonamides is 2. The van der Waals surface area contributed by atoms with E-state index in [2.05, 4.69) is 10.0 Å². The number of ether oxygens (including phenoxy) is 1. The lowest BCUT2D eigenvalue weighted by molar-refractivity contribution is -0.149. The van der Waals surface area contributed by atoms with Crippen molar-refractivity contribution in [1.82, 2.24) is 10.0 Å². The van der Waals surface area contributed by atoms with E-state index in [4.69, 9.17) is 21.5 Å². The van der Waals surface area contributed by atoms with Gasteiger partial charge < -0.3 is 10.1 Å². The third kappa shape index (κ3) is 7.88. The van der Waals surface area contributed by atoms with Crippen LogP contribution in [0.5, 0.6) is 0 Å². The Bertz CT molecular complexity index is 1170. The molecule has 4 N–H and O–H groups in total. The van der Waals surface area contributed by atoms with Crippen molar-refractivity contribution < 1.29 is 31.2 Å². The second-order valence-corrected chi connectivity index (χ2v) is 10.4. The minimum Gasteiger partial charge on any atom is -0.454 e. The summed E-state index contributed by atoms with van der Waals surface area (Å²) in [6.07, 6.45) is 0.405. The van der Waals surface area contributed by atoms with Crippen LogP contribution < -0.4 is 15.2 Å². The first-order valence-electron chi connectivity index (χ1n) is 9.21. The number of carbonyl (C=O) groups excluding carboxylic acids is 2. The molecule has 0 aliphatic heterocycles. The number of hydrogen-bond donors (Lipinski definition) is 3. The van der Waals surface area contributed by atoms with E-state index in [1.807, 2.05) is 0 Å². The molecule has 0 bridgehead atoms. The van der Waals surface area contributed by atoms with Gasteiger partial charge in [0.05, 0.1) is 9.79 Å². The summed E-state index contributed by atoms with van der Waals surface area (Å²) in [6.45, 7) is 0.916. The molecule has 0 aromatic heterocycles. The quantitative estimate of drug-likeness (QED) is 0.399. The van der Waals surface area contributed by atoms with E-state index in [0.29, 0.717) is 11.4 Å². The maximum absolute atomic E-state index is 12.3. The van der Waals surface area contributed by atoms with Crippen LogP contribution in [-0.4, -0.2) is 47.9 Å². The van der Waals surface area contributed by atoms with Crippen molar-refractivity contribution >= 4 is 43.5 Å². The van der Waals surface area contributed by atoms with Gasteiger partial charge in [-0.1, -0.05) is 23.7 Å². The lowest BCUT2D eigenvalue weighted by Crippen LogP contribution is -2.41. The molecule has 1 atom stereocenters. The normalized spacial score (nSPS) is 12.7. The van der Waals surface area contributed by atoms with Crippen molar-refractivity contribution in [2.75, 3.05) is 13.2 Å². The van der Waals surface area contributed by atoms with Crippen LogP contribution in [0, 0.1) is 0 Å². The van der Waals surface area contributed by atoms with Gasteiger partial charge in [0, 0.05) is 11.6 Å². The summed E-state index contributed by atoms with van der Waals surface area (Å²) in [6, 6.07) is 10.0. The van der Waals surface area contributed by atoms with Crippen LogP contribution in [0.1, 0.15) is 12.5 Å². The van der Waals surface area contributed by atoms with Crippen molar-refractivity contribution in [2.24, 2.45) is 5.14 Å². The van der Waals surface area contributed by atoms with Gasteiger partial charge in [0.1, 0.15) is 6.04 Å². The van der Waals surface area contributed by atoms with Gasteiger partial charge in [-0.05, 0) is 55.3 Å². The first-order valence-corrected chi connectivity index (χ1v) is 12.6. The average molecular weight is 504 g/mol. The number of rotatable bonds is 10. The number of hydrogen-bond acceptors (Lipinski definition) is 7. The van der Waals surface area contributed by atoms with E-state index in [9.17, 15) is 26.4 Å². The minimum atomic E-state index is -3.97. The van der Waals surface area contributed by atoms with Crippen molar-refractivity contribution in [3.63, 3.8) is 0 Å². The standard InChI is InChI=1S/C19H22ClN3O7S2/c1-13(23-32(28,29)17-8-4-15(20)5-9-17)19(25)30-12-18(24)22-11-10-14-2-6-16(7-3-14)31(21,26)27/h2-9,13,23H,10-12H2,1H3,(H,22,24)(H2,21,26,27). The molecular weight excluding hydrogens is 482 g/mol. The molecule has 0 aliphatic carbocycles. The number of benzene rings is 2. The van der Waals surface area contributed by atoms with Gasteiger partial charge in [-0.25, -0.2) is 22.0 Å². The molecule has 0 spiro atoms. The molecule has 0 heterocycles.